The molecule has 8 nitrogen and oxygen atoms in total. The molecule has 0 fully saturated rings. The van der Waals surface area contributed by atoms with Crippen molar-refractivity contribution in [3.8, 4) is 17.1 Å². The van der Waals surface area contributed by atoms with Gasteiger partial charge in [0.05, 0.1) is 22.4 Å². The second-order valence-electron chi connectivity index (χ2n) is 9.40. The maximum atomic E-state index is 12.0. The monoisotopic (exact) mass is 526 g/mol. The van der Waals surface area contributed by atoms with Crippen LogP contribution in [-0.2, 0) is 11.3 Å². The molecule has 9 heteroatoms. The molecule has 38 heavy (non-hydrogen) atoms. The molecular formula is C29H27ClN6O2. The first kappa shape index (κ1) is 25.4. The molecule has 0 bridgehead atoms. The summed E-state index contributed by atoms with van der Waals surface area (Å²) in [6.07, 6.45) is 6.76. The summed E-state index contributed by atoms with van der Waals surface area (Å²) in [6, 6.07) is 14.6. The maximum Gasteiger partial charge on any atom is 0.221 e. The van der Waals surface area contributed by atoms with Crippen molar-refractivity contribution >= 4 is 40.0 Å². The van der Waals surface area contributed by atoms with Crippen LogP contribution in [0.1, 0.15) is 36.2 Å². The van der Waals surface area contributed by atoms with Crippen molar-refractivity contribution in [1.29, 1.82) is 5.41 Å². The van der Waals surface area contributed by atoms with Gasteiger partial charge in [0.2, 0.25) is 11.5 Å². The molecule has 1 unspecified atom stereocenters. The van der Waals surface area contributed by atoms with Crippen molar-refractivity contribution in [3.05, 3.63) is 88.5 Å². The number of anilines is 1. The van der Waals surface area contributed by atoms with Gasteiger partial charge >= 0.3 is 0 Å². The van der Waals surface area contributed by atoms with Crippen LogP contribution in [0.5, 0.6) is 0 Å². The van der Waals surface area contributed by atoms with Crippen LogP contribution in [0.25, 0.3) is 28.1 Å². The molecule has 0 spiro atoms. The second kappa shape index (κ2) is 10.2. The van der Waals surface area contributed by atoms with Crippen LogP contribution in [0.15, 0.2) is 71.8 Å². The highest BCUT2D eigenvalue weighted by Gasteiger charge is 2.21. The van der Waals surface area contributed by atoms with Gasteiger partial charge in [-0.3, -0.25) is 19.6 Å². The Kier molecular flexibility index (Phi) is 6.82. The van der Waals surface area contributed by atoms with Crippen LogP contribution in [0.4, 0.5) is 5.69 Å². The Morgan fingerprint density at radius 3 is 2.63 bits per heavy atom. The number of aromatic nitrogens is 4. The number of hydrogen-bond donors (Lipinski definition) is 2. The molecule has 0 saturated heterocycles. The highest BCUT2D eigenvalue weighted by molar-refractivity contribution is 6.30. The van der Waals surface area contributed by atoms with E-state index in [1.165, 1.54) is 13.8 Å². The molecule has 1 aliphatic carbocycles. The van der Waals surface area contributed by atoms with Crippen LogP contribution < -0.4 is 10.9 Å². The van der Waals surface area contributed by atoms with Gasteiger partial charge in [-0.05, 0) is 68.3 Å². The number of rotatable bonds is 6. The normalized spacial score (nSPS) is 14.9. The van der Waals surface area contributed by atoms with E-state index in [-0.39, 0.29) is 23.2 Å². The number of halogens is 1. The van der Waals surface area contributed by atoms with E-state index in [0.717, 1.165) is 28.0 Å². The lowest BCUT2D eigenvalue weighted by molar-refractivity contribution is -0.114. The summed E-state index contributed by atoms with van der Waals surface area (Å²) in [5.41, 5.74) is 5.21. The molecule has 192 valence electrons. The van der Waals surface area contributed by atoms with Gasteiger partial charge in [-0.25, -0.2) is 0 Å². The minimum Gasteiger partial charge on any atom is -0.326 e. The number of hydrogen-bond acceptors (Lipinski definition) is 5. The largest absolute Gasteiger partial charge is 0.326 e. The van der Waals surface area contributed by atoms with Crippen LogP contribution in [0.3, 0.4) is 0 Å². The molecule has 2 aromatic heterocycles. The van der Waals surface area contributed by atoms with Crippen LogP contribution >= 0.6 is 11.6 Å². The summed E-state index contributed by atoms with van der Waals surface area (Å²) < 4.78 is 3.75. The fraction of sp³-hybridized carbons (Fsp3) is 0.207. The minimum absolute atomic E-state index is 0.0875. The number of carbonyl (C=O) groups excluding carboxylic acids is 2. The van der Waals surface area contributed by atoms with Crippen LogP contribution in [0, 0.1) is 18.3 Å². The molecule has 0 radical (unpaired) electrons. The summed E-state index contributed by atoms with van der Waals surface area (Å²) in [4.78, 5) is 23.8. The second-order valence-corrected chi connectivity index (χ2v) is 9.84. The molecule has 2 N–H and O–H groups in total. The number of amides is 1. The maximum absolute atomic E-state index is 12.0. The van der Waals surface area contributed by atoms with Crippen LogP contribution in [-0.4, -0.2) is 31.0 Å². The smallest absolute Gasteiger partial charge is 0.221 e. The summed E-state index contributed by atoms with van der Waals surface area (Å²) in [5.74, 6) is 0.258. The Balaban J connectivity index is 1.60. The molecule has 4 aromatic rings. The Labute approximate surface area is 224 Å². The summed E-state index contributed by atoms with van der Waals surface area (Å²) >= 11 is 6.50. The van der Waals surface area contributed by atoms with Gasteiger partial charge in [0.15, 0.2) is 11.6 Å². The Morgan fingerprint density at radius 1 is 1.13 bits per heavy atom. The van der Waals surface area contributed by atoms with E-state index in [2.05, 4.69) is 21.6 Å². The van der Waals surface area contributed by atoms with Crippen molar-refractivity contribution in [2.75, 3.05) is 5.32 Å². The highest BCUT2D eigenvalue weighted by Crippen LogP contribution is 2.30. The molecule has 5 rings (SSSR count). The van der Waals surface area contributed by atoms with Gasteiger partial charge < -0.3 is 9.88 Å². The van der Waals surface area contributed by atoms with E-state index in [1.807, 2.05) is 41.8 Å². The lowest BCUT2D eigenvalue weighted by atomic mass is 10.0. The zero-order valence-electron chi connectivity index (χ0n) is 21.3. The van der Waals surface area contributed by atoms with E-state index >= 15 is 0 Å². The Morgan fingerprint density at radius 2 is 1.95 bits per heavy atom. The number of aryl methyl sites for hydroxylation is 1. The summed E-state index contributed by atoms with van der Waals surface area (Å²) in [7, 11) is 0. The number of carbonyl (C=O) groups is 2. The Bertz CT molecular complexity index is 1690. The molecule has 2 aromatic carbocycles. The summed E-state index contributed by atoms with van der Waals surface area (Å²) in [6.45, 7) is 5.49. The van der Waals surface area contributed by atoms with Crippen molar-refractivity contribution in [2.45, 2.75) is 33.7 Å². The molecule has 0 aliphatic heterocycles. The van der Waals surface area contributed by atoms with Crippen molar-refractivity contribution < 1.29 is 9.59 Å². The fourth-order valence-electron chi connectivity index (χ4n) is 4.80. The SMILES string of the molecule is CC(=O)Nc1ccc(C(C)=O)cc1-c1ccc(-n2c(=N)n(CC3CC=CC=C3Cl)c3cccc(C)c32)nn1. The third-order valence-corrected chi connectivity index (χ3v) is 7.13. The van der Waals surface area contributed by atoms with Crippen LogP contribution in [0.2, 0.25) is 0 Å². The zero-order valence-corrected chi connectivity index (χ0v) is 22.1. The molecule has 2 heterocycles. The average Bonchev–Trinajstić information content (AvgIpc) is 3.17. The predicted octanol–water partition coefficient (Wildman–Crippen LogP) is 5.54. The van der Waals surface area contributed by atoms with Crippen molar-refractivity contribution in [2.24, 2.45) is 5.92 Å². The van der Waals surface area contributed by atoms with Gasteiger partial charge in [-0.15, -0.1) is 10.2 Å². The lowest BCUT2D eigenvalue weighted by Crippen LogP contribution is -2.27. The number of Topliss-reactive ketones (excluding diaryl/α,β-unsaturated/α-hetero) is 1. The molecule has 1 atom stereocenters. The number of fused-ring (bicyclic) bond motifs is 1. The Hall–Kier alpha value is -4.30. The first-order chi connectivity index (χ1) is 18.2. The van der Waals surface area contributed by atoms with Gasteiger partial charge in [0.1, 0.15) is 0 Å². The van der Waals surface area contributed by atoms with Gasteiger partial charge in [0, 0.05) is 35.5 Å². The first-order valence-electron chi connectivity index (χ1n) is 12.3. The molecule has 1 aliphatic rings. The van der Waals surface area contributed by atoms with Crippen molar-refractivity contribution in [3.63, 3.8) is 0 Å². The number of nitrogens with zero attached hydrogens (tertiary/aromatic N) is 4. The number of imidazole rings is 1. The summed E-state index contributed by atoms with van der Waals surface area (Å²) in [5, 5.41) is 21.6. The van der Waals surface area contributed by atoms with Gasteiger partial charge in [-0.2, -0.15) is 0 Å². The number of nitrogens with one attached hydrogen (secondary N) is 2. The average molecular weight is 527 g/mol. The van der Waals surface area contributed by atoms with E-state index in [4.69, 9.17) is 17.0 Å². The number of allylic oxidation sites excluding steroid dienone is 4. The standard InChI is InChI=1S/C29H27ClN6O2/c1-17-7-6-10-26-28(17)36(29(31)35(26)16-21-8-4-5-9-23(21)30)27-14-13-25(33-34-27)22-15-20(18(2)37)11-12-24(22)32-19(3)38/h4-7,9-15,21,31H,8,16H2,1-3H3,(H,32,38). The molecule has 0 saturated carbocycles. The fourth-order valence-corrected chi connectivity index (χ4v) is 5.03. The van der Waals surface area contributed by atoms with E-state index in [1.54, 1.807) is 34.9 Å². The number of benzene rings is 2. The van der Waals surface area contributed by atoms with Gasteiger partial charge in [0.25, 0.3) is 0 Å². The number of ketones is 1. The third kappa shape index (κ3) is 4.70. The zero-order chi connectivity index (χ0) is 27.0. The minimum atomic E-state index is -0.229. The molecule has 1 amide bonds. The number of para-hydroxylation sites is 1. The molecular weight excluding hydrogens is 500 g/mol. The van der Waals surface area contributed by atoms with E-state index < -0.39 is 0 Å². The quantitative estimate of drug-likeness (QED) is 0.322. The van der Waals surface area contributed by atoms with Gasteiger partial charge in [-0.1, -0.05) is 35.9 Å². The predicted molar refractivity (Wildman–Crippen MR) is 148 cm³/mol. The first-order valence-corrected chi connectivity index (χ1v) is 12.7. The van der Waals surface area contributed by atoms with E-state index in [9.17, 15) is 9.59 Å². The topological polar surface area (TPSA) is 106 Å². The third-order valence-electron chi connectivity index (χ3n) is 6.70. The van der Waals surface area contributed by atoms with Crippen molar-refractivity contribution in [1.82, 2.24) is 19.3 Å². The highest BCUT2D eigenvalue weighted by atomic mass is 35.5. The lowest BCUT2D eigenvalue weighted by Gasteiger charge is -2.18. The van der Waals surface area contributed by atoms with E-state index in [0.29, 0.717) is 34.9 Å².